The van der Waals surface area contributed by atoms with Gasteiger partial charge < -0.3 is 19.5 Å². The highest BCUT2D eigenvalue weighted by Gasteiger charge is 2.33. The number of para-hydroxylation sites is 1. The quantitative estimate of drug-likeness (QED) is 0.240. The van der Waals surface area contributed by atoms with E-state index >= 15 is 0 Å². The number of thiophene rings is 1. The number of carbonyl (C=O) groups is 2. The van der Waals surface area contributed by atoms with E-state index in [1.54, 1.807) is 63.0 Å². The molecule has 1 amide bonds. The molecular weight excluding hydrogens is 512 g/mol. The first kappa shape index (κ1) is 28.4. The number of esters is 1. The van der Waals surface area contributed by atoms with Crippen molar-refractivity contribution in [3.63, 3.8) is 0 Å². The molecule has 1 aromatic heterocycles. The number of nitrogens with one attached hydrogen (secondary N) is 1. The molecule has 1 aliphatic rings. The molecule has 2 aromatic carbocycles. The first-order valence-corrected chi connectivity index (χ1v) is 14.0. The molecule has 39 heavy (non-hydrogen) atoms. The molecule has 0 saturated heterocycles. The van der Waals surface area contributed by atoms with Gasteiger partial charge in [0.15, 0.2) is 11.5 Å². The highest BCUT2D eigenvalue weighted by atomic mass is 32.1. The number of carbonyl (C=O) groups excluding carboxylic acids is 2. The van der Waals surface area contributed by atoms with Gasteiger partial charge in [-0.3, -0.25) is 4.79 Å². The van der Waals surface area contributed by atoms with Crippen LogP contribution in [0.4, 0.5) is 10.7 Å². The van der Waals surface area contributed by atoms with Gasteiger partial charge in [-0.25, -0.2) is 9.79 Å². The normalized spacial score (nSPS) is 15.1. The van der Waals surface area contributed by atoms with Gasteiger partial charge >= 0.3 is 5.97 Å². The van der Waals surface area contributed by atoms with Crippen molar-refractivity contribution in [1.82, 2.24) is 0 Å². The summed E-state index contributed by atoms with van der Waals surface area (Å²) in [7, 11) is 3.19. The predicted octanol–water partition coefficient (Wildman–Crippen LogP) is 7.10. The molecule has 0 spiro atoms. The first-order valence-electron chi connectivity index (χ1n) is 13.1. The molecule has 0 saturated carbocycles. The number of aliphatic imine (C=N–C) groups is 1. The molecule has 0 unspecified atom stereocenters. The van der Waals surface area contributed by atoms with Crippen LogP contribution in [-0.2, 0) is 17.6 Å². The average molecular weight is 549 g/mol. The second-order valence-electron chi connectivity index (χ2n) is 10.6. The van der Waals surface area contributed by atoms with Crippen molar-refractivity contribution in [3.8, 4) is 11.5 Å². The Labute approximate surface area is 234 Å². The maximum Gasteiger partial charge on any atom is 0.338 e. The van der Waals surface area contributed by atoms with E-state index in [2.05, 4.69) is 26.1 Å². The Hall–Kier alpha value is -3.65. The third kappa shape index (κ3) is 6.33. The van der Waals surface area contributed by atoms with Gasteiger partial charge in [-0.15, -0.1) is 11.3 Å². The summed E-state index contributed by atoms with van der Waals surface area (Å²) in [5.74, 6) is 1.13. The van der Waals surface area contributed by atoms with Crippen LogP contribution in [0.3, 0.4) is 0 Å². The van der Waals surface area contributed by atoms with Crippen LogP contribution in [0.2, 0.25) is 0 Å². The van der Waals surface area contributed by atoms with Gasteiger partial charge in [0.25, 0.3) is 5.91 Å². The molecule has 206 valence electrons. The maximum atomic E-state index is 13.7. The molecule has 0 bridgehead atoms. The largest absolute Gasteiger partial charge is 0.493 e. The van der Waals surface area contributed by atoms with Crippen LogP contribution in [0.25, 0.3) is 0 Å². The highest BCUT2D eigenvalue weighted by Crippen LogP contribution is 2.45. The molecule has 3 aromatic rings. The summed E-state index contributed by atoms with van der Waals surface area (Å²) >= 11 is 1.58. The van der Waals surface area contributed by atoms with E-state index in [9.17, 15) is 9.59 Å². The minimum atomic E-state index is -0.389. The number of methoxy groups -OCH3 is 2. The molecule has 4 rings (SSSR count). The second-order valence-corrected chi connectivity index (χ2v) is 11.7. The summed E-state index contributed by atoms with van der Waals surface area (Å²) in [6.07, 6.45) is 4.51. The van der Waals surface area contributed by atoms with E-state index in [4.69, 9.17) is 19.2 Å². The van der Waals surface area contributed by atoms with Crippen LogP contribution in [0, 0.1) is 11.3 Å². The number of nitrogens with zero attached hydrogens (tertiary/aromatic N) is 1. The Morgan fingerprint density at radius 1 is 1.10 bits per heavy atom. The fourth-order valence-electron chi connectivity index (χ4n) is 4.88. The van der Waals surface area contributed by atoms with E-state index < -0.39 is 0 Å². The summed E-state index contributed by atoms with van der Waals surface area (Å²) < 4.78 is 16.0. The molecule has 1 heterocycles. The maximum absolute atomic E-state index is 13.7. The molecule has 1 atom stereocenters. The summed E-state index contributed by atoms with van der Waals surface area (Å²) in [5, 5.41) is 3.68. The van der Waals surface area contributed by atoms with Gasteiger partial charge in [0.1, 0.15) is 5.00 Å². The Kier molecular flexibility index (Phi) is 8.75. The second kappa shape index (κ2) is 12.0. The van der Waals surface area contributed by atoms with Gasteiger partial charge in [0.2, 0.25) is 0 Å². The Balaban J connectivity index is 1.68. The van der Waals surface area contributed by atoms with Gasteiger partial charge in [-0.1, -0.05) is 26.8 Å². The molecule has 1 aliphatic carbocycles. The van der Waals surface area contributed by atoms with Crippen LogP contribution >= 0.6 is 11.3 Å². The minimum Gasteiger partial charge on any atom is -0.493 e. The number of anilines is 1. The first-order chi connectivity index (χ1) is 18.7. The lowest BCUT2D eigenvalue weighted by Gasteiger charge is -2.33. The summed E-state index contributed by atoms with van der Waals surface area (Å²) in [5.41, 5.74) is 3.66. The number of benzene rings is 2. The standard InChI is InChI=1S/C31H36N2O5S/c1-7-38-30(35)19-11-14-22(15-12-19)33-28(34)26-23-16-13-21(31(2,3)4)17-25(23)39-29(26)32-18-20-9-8-10-24(36-5)27(20)37-6/h8-12,14-15,18,21H,7,13,16-17H2,1-6H3,(H,33,34)/t21-/m0/s1. The van der Waals surface area contributed by atoms with Gasteiger partial charge in [-0.05, 0) is 79.5 Å². The molecule has 0 radical (unpaired) electrons. The number of hydrogen-bond acceptors (Lipinski definition) is 7. The van der Waals surface area contributed by atoms with Crippen LogP contribution in [0.1, 0.15) is 70.8 Å². The van der Waals surface area contributed by atoms with Gasteiger partial charge in [-0.2, -0.15) is 0 Å². The number of amides is 1. The zero-order chi connectivity index (χ0) is 28.2. The Morgan fingerprint density at radius 2 is 1.85 bits per heavy atom. The zero-order valence-electron chi connectivity index (χ0n) is 23.4. The lowest BCUT2D eigenvalue weighted by atomic mass is 9.72. The van der Waals surface area contributed by atoms with Gasteiger partial charge in [0, 0.05) is 22.3 Å². The topological polar surface area (TPSA) is 86.2 Å². The Bertz CT molecular complexity index is 1370. The molecular formula is C31H36N2O5S. The lowest BCUT2D eigenvalue weighted by molar-refractivity contribution is 0.0526. The fourth-order valence-corrected chi connectivity index (χ4v) is 6.14. The van der Waals surface area contributed by atoms with Crippen molar-refractivity contribution >= 4 is 40.1 Å². The molecule has 0 aliphatic heterocycles. The smallest absolute Gasteiger partial charge is 0.338 e. The van der Waals surface area contributed by atoms with Crippen molar-refractivity contribution in [2.24, 2.45) is 16.3 Å². The van der Waals surface area contributed by atoms with Gasteiger partial charge in [0.05, 0.1) is 32.0 Å². The predicted molar refractivity (Wildman–Crippen MR) is 156 cm³/mol. The number of ether oxygens (including phenoxy) is 3. The summed E-state index contributed by atoms with van der Waals surface area (Å²) in [4.78, 5) is 31.7. The highest BCUT2D eigenvalue weighted by molar-refractivity contribution is 7.16. The fraction of sp³-hybridized carbons (Fsp3) is 0.387. The number of rotatable bonds is 8. The third-order valence-corrected chi connectivity index (χ3v) is 8.27. The lowest BCUT2D eigenvalue weighted by Crippen LogP contribution is -2.27. The molecule has 1 N–H and O–H groups in total. The number of fused-ring (bicyclic) bond motifs is 1. The summed E-state index contributed by atoms with van der Waals surface area (Å²) in [6, 6.07) is 12.3. The van der Waals surface area contributed by atoms with Crippen LogP contribution in [-0.4, -0.2) is 38.9 Å². The zero-order valence-corrected chi connectivity index (χ0v) is 24.2. The monoisotopic (exact) mass is 548 g/mol. The molecule has 7 nitrogen and oxygen atoms in total. The molecule has 8 heteroatoms. The van der Waals surface area contributed by atoms with E-state index in [1.165, 1.54) is 4.88 Å². The van der Waals surface area contributed by atoms with E-state index in [0.29, 0.717) is 45.8 Å². The van der Waals surface area contributed by atoms with E-state index in [0.717, 1.165) is 30.4 Å². The van der Waals surface area contributed by atoms with Crippen molar-refractivity contribution in [2.45, 2.75) is 47.0 Å². The minimum absolute atomic E-state index is 0.183. The van der Waals surface area contributed by atoms with Crippen molar-refractivity contribution in [1.29, 1.82) is 0 Å². The van der Waals surface area contributed by atoms with Crippen molar-refractivity contribution in [2.75, 3.05) is 26.1 Å². The molecule has 0 fully saturated rings. The van der Waals surface area contributed by atoms with Crippen LogP contribution in [0.5, 0.6) is 11.5 Å². The third-order valence-electron chi connectivity index (χ3n) is 7.11. The van der Waals surface area contributed by atoms with Crippen LogP contribution in [0.15, 0.2) is 47.5 Å². The average Bonchev–Trinajstić information content (AvgIpc) is 3.29. The van der Waals surface area contributed by atoms with E-state index in [1.807, 2.05) is 18.2 Å². The Morgan fingerprint density at radius 3 is 2.49 bits per heavy atom. The van der Waals surface area contributed by atoms with Crippen LogP contribution < -0.4 is 14.8 Å². The summed E-state index contributed by atoms with van der Waals surface area (Å²) in [6.45, 7) is 8.90. The van der Waals surface area contributed by atoms with Crippen molar-refractivity contribution in [3.05, 3.63) is 69.6 Å². The SMILES string of the molecule is CCOC(=O)c1ccc(NC(=O)c2c(N=Cc3cccc(OC)c3OC)sc3c2CC[C@H](C(C)(C)C)C3)cc1. The van der Waals surface area contributed by atoms with Crippen molar-refractivity contribution < 1.29 is 23.8 Å². The number of hydrogen-bond donors (Lipinski definition) is 1. The van der Waals surface area contributed by atoms with E-state index in [-0.39, 0.29) is 17.3 Å².